The first-order valence-electron chi connectivity index (χ1n) is 5.80. The third-order valence-corrected chi connectivity index (χ3v) is 2.53. The summed E-state index contributed by atoms with van der Waals surface area (Å²) in [5.41, 5.74) is 0.476. The summed E-state index contributed by atoms with van der Waals surface area (Å²) >= 11 is 0. The Hall–Kier alpha value is -1.90. The maximum absolute atomic E-state index is 11.8. The Bertz CT molecular complexity index is 534. The Morgan fingerprint density at radius 1 is 1.29 bits per heavy atom. The number of nitrogens with zero attached hydrogens (tertiary/aromatic N) is 1. The Balaban J connectivity index is 2.21. The van der Waals surface area contributed by atoms with Gasteiger partial charge in [-0.05, 0) is 17.4 Å². The van der Waals surface area contributed by atoms with E-state index in [4.69, 9.17) is 0 Å². The summed E-state index contributed by atoms with van der Waals surface area (Å²) < 4.78 is 0. The van der Waals surface area contributed by atoms with Crippen molar-refractivity contribution in [1.29, 1.82) is 0 Å². The van der Waals surface area contributed by atoms with Crippen molar-refractivity contribution in [3.63, 3.8) is 0 Å². The molecule has 0 radical (unpaired) electrons. The molecule has 0 aliphatic rings. The number of hydrogen-bond donors (Lipinski definition) is 1. The number of pyridine rings is 1. The molecule has 1 aromatic carbocycles. The first kappa shape index (κ1) is 11.6. The number of hydrogen-bond acceptors (Lipinski definition) is 2. The zero-order chi connectivity index (χ0) is 12.3. The summed E-state index contributed by atoms with van der Waals surface area (Å²) in [6.45, 7) is 4.80. The van der Waals surface area contributed by atoms with E-state index in [2.05, 4.69) is 24.1 Å². The third kappa shape index (κ3) is 2.81. The van der Waals surface area contributed by atoms with Gasteiger partial charge in [0, 0.05) is 18.1 Å². The van der Waals surface area contributed by atoms with Crippen LogP contribution in [-0.2, 0) is 0 Å². The zero-order valence-electron chi connectivity index (χ0n) is 10.1. The van der Waals surface area contributed by atoms with Crippen molar-refractivity contribution in [2.75, 3.05) is 6.54 Å². The van der Waals surface area contributed by atoms with Gasteiger partial charge in [0.1, 0.15) is 5.69 Å². The van der Waals surface area contributed by atoms with Crippen LogP contribution < -0.4 is 5.32 Å². The largest absolute Gasteiger partial charge is 0.350 e. The second-order valence-electron chi connectivity index (χ2n) is 4.52. The first-order valence-corrected chi connectivity index (χ1v) is 5.80. The van der Waals surface area contributed by atoms with Crippen LogP contribution in [-0.4, -0.2) is 17.4 Å². The van der Waals surface area contributed by atoms with Gasteiger partial charge in [-0.25, -0.2) is 0 Å². The molecule has 0 spiro atoms. The molecule has 0 aliphatic heterocycles. The molecule has 0 saturated heterocycles. The van der Waals surface area contributed by atoms with E-state index in [-0.39, 0.29) is 5.91 Å². The quantitative estimate of drug-likeness (QED) is 0.877. The predicted octanol–water partition coefficient (Wildman–Crippen LogP) is 2.62. The van der Waals surface area contributed by atoms with E-state index in [0.29, 0.717) is 18.2 Å². The lowest BCUT2D eigenvalue weighted by Gasteiger charge is -2.07. The minimum absolute atomic E-state index is 0.107. The molecule has 2 rings (SSSR count). The number of fused-ring (bicyclic) bond motifs is 1. The summed E-state index contributed by atoms with van der Waals surface area (Å²) in [7, 11) is 0. The van der Waals surface area contributed by atoms with Crippen molar-refractivity contribution in [2.24, 2.45) is 5.92 Å². The molecule has 0 bridgehead atoms. The van der Waals surface area contributed by atoms with Crippen molar-refractivity contribution in [3.8, 4) is 0 Å². The summed E-state index contributed by atoms with van der Waals surface area (Å²) in [6.07, 6.45) is 1.74. The molecule has 3 heteroatoms. The van der Waals surface area contributed by atoms with Gasteiger partial charge in [0.25, 0.3) is 5.91 Å². The van der Waals surface area contributed by atoms with E-state index in [1.54, 1.807) is 6.20 Å². The van der Waals surface area contributed by atoms with Crippen LogP contribution >= 0.6 is 0 Å². The molecule has 1 N–H and O–H groups in total. The van der Waals surface area contributed by atoms with E-state index in [0.717, 1.165) is 10.8 Å². The number of benzene rings is 1. The second-order valence-corrected chi connectivity index (χ2v) is 4.52. The smallest absolute Gasteiger partial charge is 0.269 e. The molecule has 2 aromatic rings. The zero-order valence-corrected chi connectivity index (χ0v) is 10.1. The minimum atomic E-state index is -0.107. The normalized spacial score (nSPS) is 10.8. The van der Waals surface area contributed by atoms with Crippen LogP contribution in [0.2, 0.25) is 0 Å². The van der Waals surface area contributed by atoms with Gasteiger partial charge in [-0.2, -0.15) is 0 Å². The molecular formula is C14H16N2O. The number of nitrogens with one attached hydrogen (secondary N) is 1. The van der Waals surface area contributed by atoms with Gasteiger partial charge in [-0.1, -0.05) is 38.1 Å². The van der Waals surface area contributed by atoms with Crippen LogP contribution in [0.4, 0.5) is 0 Å². The van der Waals surface area contributed by atoms with Crippen LogP contribution in [0.3, 0.4) is 0 Å². The molecule has 0 fully saturated rings. The average molecular weight is 228 g/mol. The van der Waals surface area contributed by atoms with Gasteiger partial charge < -0.3 is 5.32 Å². The summed E-state index contributed by atoms with van der Waals surface area (Å²) in [4.78, 5) is 16.0. The van der Waals surface area contributed by atoms with Crippen molar-refractivity contribution >= 4 is 16.7 Å². The summed E-state index contributed by atoms with van der Waals surface area (Å²) in [6, 6.07) is 9.71. The summed E-state index contributed by atoms with van der Waals surface area (Å²) in [5.74, 6) is 0.337. The van der Waals surface area contributed by atoms with Gasteiger partial charge in [0.2, 0.25) is 0 Å². The molecule has 0 saturated carbocycles. The number of rotatable bonds is 3. The highest BCUT2D eigenvalue weighted by Gasteiger charge is 2.07. The molecule has 1 amide bonds. The van der Waals surface area contributed by atoms with Crippen LogP contribution in [0.25, 0.3) is 10.8 Å². The van der Waals surface area contributed by atoms with Crippen molar-refractivity contribution < 1.29 is 4.79 Å². The third-order valence-electron chi connectivity index (χ3n) is 2.53. The maximum atomic E-state index is 11.8. The summed E-state index contributed by atoms with van der Waals surface area (Å²) in [5, 5.41) is 4.95. The number of aromatic nitrogens is 1. The average Bonchev–Trinajstić information content (AvgIpc) is 2.35. The Morgan fingerprint density at radius 2 is 2.00 bits per heavy atom. The highest BCUT2D eigenvalue weighted by Crippen LogP contribution is 2.13. The van der Waals surface area contributed by atoms with Gasteiger partial charge in [0.15, 0.2) is 0 Å². The van der Waals surface area contributed by atoms with E-state index in [1.807, 2.05) is 30.3 Å². The maximum Gasteiger partial charge on any atom is 0.269 e. The fourth-order valence-corrected chi connectivity index (χ4v) is 1.60. The number of amides is 1. The fourth-order valence-electron chi connectivity index (χ4n) is 1.60. The predicted molar refractivity (Wildman–Crippen MR) is 68.9 cm³/mol. The van der Waals surface area contributed by atoms with Gasteiger partial charge in [0.05, 0.1) is 0 Å². The van der Waals surface area contributed by atoms with Crippen molar-refractivity contribution in [1.82, 2.24) is 10.3 Å². The molecule has 1 aromatic heterocycles. The van der Waals surface area contributed by atoms with Gasteiger partial charge in [-0.3, -0.25) is 9.78 Å². The number of carbonyl (C=O) groups excluding carboxylic acids is 1. The van der Waals surface area contributed by atoms with Crippen LogP contribution in [0.1, 0.15) is 24.3 Å². The Kier molecular flexibility index (Phi) is 3.38. The monoisotopic (exact) mass is 228 g/mol. The Morgan fingerprint density at radius 3 is 2.71 bits per heavy atom. The topological polar surface area (TPSA) is 42.0 Å². The molecule has 0 aliphatic carbocycles. The Labute approximate surface area is 101 Å². The van der Waals surface area contributed by atoms with E-state index in [1.165, 1.54) is 0 Å². The van der Waals surface area contributed by atoms with E-state index in [9.17, 15) is 4.79 Å². The SMILES string of the molecule is CC(C)CNC(=O)c1cc2ccccc2cn1. The van der Waals surface area contributed by atoms with Gasteiger partial charge >= 0.3 is 0 Å². The fraction of sp³-hybridized carbons (Fsp3) is 0.286. The second kappa shape index (κ2) is 4.95. The standard InChI is InChI=1S/C14H16N2O/c1-10(2)8-16-14(17)13-7-11-5-3-4-6-12(11)9-15-13/h3-7,9-10H,8H2,1-2H3,(H,16,17). The van der Waals surface area contributed by atoms with E-state index < -0.39 is 0 Å². The van der Waals surface area contributed by atoms with Crippen molar-refractivity contribution in [2.45, 2.75) is 13.8 Å². The highest BCUT2D eigenvalue weighted by atomic mass is 16.1. The molecule has 0 atom stereocenters. The molecule has 0 unspecified atom stereocenters. The molecule has 17 heavy (non-hydrogen) atoms. The van der Waals surface area contributed by atoms with Crippen LogP contribution in [0.15, 0.2) is 36.5 Å². The highest BCUT2D eigenvalue weighted by molar-refractivity contribution is 5.96. The van der Waals surface area contributed by atoms with E-state index >= 15 is 0 Å². The lowest BCUT2D eigenvalue weighted by Crippen LogP contribution is -2.27. The lowest BCUT2D eigenvalue weighted by molar-refractivity contribution is 0.0944. The minimum Gasteiger partial charge on any atom is -0.350 e. The van der Waals surface area contributed by atoms with Crippen molar-refractivity contribution in [3.05, 3.63) is 42.2 Å². The molecule has 3 nitrogen and oxygen atoms in total. The van der Waals surface area contributed by atoms with Gasteiger partial charge in [-0.15, -0.1) is 0 Å². The number of carbonyl (C=O) groups is 1. The first-order chi connectivity index (χ1) is 8.16. The molecular weight excluding hydrogens is 212 g/mol. The van der Waals surface area contributed by atoms with Crippen LogP contribution in [0, 0.1) is 5.92 Å². The molecule has 88 valence electrons. The molecule has 1 heterocycles. The van der Waals surface area contributed by atoms with Crippen LogP contribution in [0.5, 0.6) is 0 Å². The lowest BCUT2D eigenvalue weighted by atomic mass is 10.1.